The second-order valence-electron chi connectivity index (χ2n) is 6.78. The van der Waals surface area contributed by atoms with Gasteiger partial charge in [0, 0.05) is 12.0 Å². The Bertz CT molecular complexity index is 969. The summed E-state index contributed by atoms with van der Waals surface area (Å²) in [7, 11) is 0. The van der Waals surface area contributed by atoms with E-state index >= 15 is 0 Å². The number of hydrogen-bond donors (Lipinski definition) is 1. The maximum Gasteiger partial charge on any atom is 0.299 e. The molecular formula is C19H18F4N4O3. The summed E-state index contributed by atoms with van der Waals surface area (Å²) >= 11 is 0. The molecule has 0 fully saturated rings. The van der Waals surface area contributed by atoms with Crippen molar-refractivity contribution in [3.05, 3.63) is 53.2 Å². The summed E-state index contributed by atoms with van der Waals surface area (Å²) in [6.07, 6.45) is 1.91. The van der Waals surface area contributed by atoms with Crippen molar-refractivity contribution < 1.29 is 31.8 Å². The van der Waals surface area contributed by atoms with Gasteiger partial charge in [0.05, 0.1) is 12.4 Å². The zero-order valence-corrected chi connectivity index (χ0v) is 15.9. The van der Waals surface area contributed by atoms with Crippen LogP contribution in [0.3, 0.4) is 0 Å². The van der Waals surface area contributed by atoms with Gasteiger partial charge >= 0.3 is 0 Å². The van der Waals surface area contributed by atoms with Crippen LogP contribution in [0.1, 0.15) is 28.5 Å². The molecule has 2 heterocycles. The Labute approximate surface area is 168 Å². The number of ether oxygens (including phenoxy) is 2. The molecular weight excluding hydrogens is 408 g/mol. The van der Waals surface area contributed by atoms with Gasteiger partial charge in [-0.05, 0) is 24.6 Å². The lowest BCUT2D eigenvalue weighted by Crippen LogP contribution is -2.45. The molecule has 1 aliphatic heterocycles. The smallest absolute Gasteiger partial charge is 0.299 e. The maximum absolute atomic E-state index is 14.7. The van der Waals surface area contributed by atoms with Gasteiger partial charge in [-0.2, -0.15) is 0 Å². The van der Waals surface area contributed by atoms with Crippen LogP contribution >= 0.6 is 0 Å². The standard InChI is InChI=1S/C19H18F4N4O3/c1-18(19(22,23)9-29-8-16(24)27-18)12-4-11(2-3-13(12)21)5-15(28)14-6-26-17(7-25-14)30-10-20/h2-4,6-7H,5,8-10H2,1H3,(H2,24,27)/t18-/m1/s1. The van der Waals surface area contributed by atoms with Gasteiger partial charge in [0.2, 0.25) is 12.7 Å². The lowest BCUT2D eigenvalue weighted by Gasteiger charge is -2.33. The Morgan fingerprint density at radius 3 is 2.73 bits per heavy atom. The third-order valence-corrected chi connectivity index (χ3v) is 4.65. The molecule has 0 spiro atoms. The average Bonchev–Trinajstić information content (AvgIpc) is 2.79. The number of hydrogen-bond acceptors (Lipinski definition) is 7. The molecule has 160 valence electrons. The second kappa shape index (κ2) is 8.34. The predicted octanol–water partition coefficient (Wildman–Crippen LogP) is 2.58. The molecule has 1 aliphatic rings. The van der Waals surface area contributed by atoms with Crippen LogP contribution in [0.15, 0.2) is 35.6 Å². The molecule has 0 bridgehead atoms. The highest BCUT2D eigenvalue weighted by Gasteiger charge is 2.54. The molecule has 2 N–H and O–H groups in total. The largest absolute Gasteiger partial charge is 0.445 e. The molecule has 0 aliphatic carbocycles. The lowest BCUT2D eigenvalue weighted by molar-refractivity contribution is -0.116. The van der Waals surface area contributed by atoms with Gasteiger partial charge in [-0.1, -0.05) is 6.07 Å². The topological polar surface area (TPSA) is 99.7 Å². The van der Waals surface area contributed by atoms with E-state index in [9.17, 15) is 22.4 Å². The van der Waals surface area contributed by atoms with Gasteiger partial charge in [0.15, 0.2) is 11.3 Å². The fourth-order valence-electron chi connectivity index (χ4n) is 3.00. The monoisotopic (exact) mass is 426 g/mol. The van der Waals surface area contributed by atoms with Crippen molar-refractivity contribution in [1.82, 2.24) is 9.97 Å². The van der Waals surface area contributed by atoms with E-state index in [1.807, 2.05) is 0 Å². The highest BCUT2D eigenvalue weighted by molar-refractivity contribution is 5.95. The van der Waals surface area contributed by atoms with Gasteiger partial charge in [-0.3, -0.25) is 9.79 Å². The zero-order chi connectivity index (χ0) is 21.9. The maximum atomic E-state index is 14.7. The first-order valence-corrected chi connectivity index (χ1v) is 8.79. The minimum absolute atomic E-state index is 0.0474. The third kappa shape index (κ3) is 4.25. The molecule has 1 atom stereocenters. The molecule has 7 nitrogen and oxygen atoms in total. The Morgan fingerprint density at radius 2 is 2.07 bits per heavy atom. The van der Waals surface area contributed by atoms with Gasteiger partial charge in [0.1, 0.15) is 30.6 Å². The van der Waals surface area contributed by atoms with Crippen LogP contribution in [-0.2, 0) is 16.7 Å². The summed E-state index contributed by atoms with van der Waals surface area (Å²) in [6, 6.07) is 3.43. The first-order chi connectivity index (χ1) is 14.2. The number of carbonyl (C=O) groups excluding carboxylic acids is 1. The summed E-state index contributed by atoms with van der Waals surface area (Å²) in [5.74, 6) is -5.26. The fraction of sp³-hybridized carbons (Fsp3) is 0.368. The van der Waals surface area contributed by atoms with Crippen molar-refractivity contribution in [3.8, 4) is 5.88 Å². The number of benzene rings is 1. The number of carbonyl (C=O) groups is 1. The molecule has 30 heavy (non-hydrogen) atoms. The molecule has 3 rings (SSSR count). The van der Waals surface area contributed by atoms with E-state index in [1.54, 1.807) is 0 Å². The number of rotatable bonds is 6. The Kier molecular flexibility index (Phi) is 6.01. The van der Waals surface area contributed by atoms with E-state index in [-0.39, 0.29) is 36.0 Å². The average molecular weight is 426 g/mol. The van der Waals surface area contributed by atoms with Gasteiger partial charge in [-0.15, -0.1) is 0 Å². The van der Waals surface area contributed by atoms with E-state index in [1.165, 1.54) is 6.07 Å². The summed E-state index contributed by atoms with van der Waals surface area (Å²) in [6.45, 7) is -1.32. The van der Waals surface area contributed by atoms with Crippen molar-refractivity contribution in [2.75, 3.05) is 20.1 Å². The minimum Gasteiger partial charge on any atom is -0.445 e. The molecule has 0 saturated carbocycles. The van der Waals surface area contributed by atoms with Crippen molar-refractivity contribution in [2.45, 2.75) is 24.8 Å². The third-order valence-electron chi connectivity index (χ3n) is 4.65. The molecule has 0 saturated heterocycles. The van der Waals surface area contributed by atoms with E-state index in [2.05, 4.69) is 19.7 Å². The Hall–Kier alpha value is -3.08. The van der Waals surface area contributed by atoms with Gasteiger partial charge in [-0.25, -0.2) is 27.5 Å². The molecule has 0 radical (unpaired) electrons. The van der Waals surface area contributed by atoms with Gasteiger partial charge in [0.25, 0.3) is 5.92 Å². The summed E-state index contributed by atoms with van der Waals surface area (Å²) in [4.78, 5) is 23.8. The van der Waals surface area contributed by atoms with E-state index < -0.39 is 42.1 Å². The number of halogens is 4. The Balaban J connectivity index is 1.91. The molecule has 0 amide bonds. The van der Waals surface area contributed by atoms with Crippen LogP contribution in [0.2, 0.25) is 0 Å². The Morgan fingerprint density at radius 1 is 1.30 bits per heavy atom. The van der Waals surface area contributed by atoms with Crippen molar-refractivity contribution >= 4 is 11.6 Å². The summed E-state index contributed by atoms with van der Waals surface area (Å²) in [5.41, 5.74) is 3.10. The number of amidine groups is 1. The number of nitrogens with zero attached hydrogens (tertiary/aromatic N) is 3. The second-order valence-corrected chi connectivity index (χ2v) is 6.78. The van der Waals surface area contributed by atoms with E-state index in [0.717, 1.165) is 31.5 Å². The number of aliphatic imine (C=N–C) groups is 1. The lowest BCUT2D eigenvalue weighted by atomic mass is 9.84. The fourth-order valence-corrected chi connectivity index (χ4v) is 3.00. The quantitative estimate of drug-likeness (QED) is 0.563. The normalized spacial score (nSPS) is 20.9. The highest BCUT2D eigenvalue weighted by Crippen LogP contribution is 2.43. The number of Topliss-reactive ketones (excluding diaryl/α,β-unsaturated/α-hetero) is 1. The molecule has 11 heteroatoms. The van der Waals surface area contributed by atoms with Crippen LogP contribution in [-0.4, -0.2) is 47.6 Å². The van der Waals surface area contributed by atoms with Crippen molar-refractivity contribution in [1.29, 1.82) is 0 Å². The van der Waals surface area contributed by atoms with Crippen LogP contribution in [0.4, 0.5) is 17.6 Å². The number of ketones is 1. The molecule has 1 aromatic heterocycles. The first kappa shape index (κ1) is 21.6. The number of alkyl halides is 3. The summed E-state index contributed by atoms with van der Waals surface area (Å²) in [5, 5.41) is 0. The molecule has 2 aromatic rings. The van der Waals surface area contributed by atoms with Crippen LogP contribution in [0, 0.1) is 5.82 Å². The number of aromatic nitrogens is 2. The first-order valence-electron chi connectivity index (χ1n) is 8.79. The molecule has 1 aromatic carbocycles. The van der Waals surface area contributed by atoms with Crippen LogP contribution in [0.25, 0.3) is 0 Å². The van der Waals surface area contributed by atoms with Gasteiger partial charge < -0.3 is 15.2 Å². The highest BCUT2D eigenvalue weighted by atomic mass is 19.3. The summed E-state index contributed by atoms with van der Waals surface area (Å²) < 4.78 is 65.5. The zero-order valence-electron chi connectivity index (χ0n) is 15.9. The number of nitrogens with two attached hydrogens (primary N) is 1. The van der Waals surface area contributed by atoms with Crippen molar-refractivity contribution in [2.24, 2.45) is 10.7 Å². The minimum atomic E-state index is -3.55. The van der Waals surface area contributed by atoms with Crippen LogP contribution in [0.5, 0.6) is 5.88 Å². The van der Waals surface area contributed by atoms with E-state index in [4.69, 9.17) is 10.5 Å². The molecule has 0 unspecified atom stereocenters. The SMILES string of the molecule is C[C@]1(c2cc(CC(=O)c3cnc(OCF)cn3)ccc2F)N=C(N)COCC1(F)F. The van der Waals surface area contributed by atoms with Crippen molar-refractivity contribution in [3.63, 3.8) is 0 Å². The van der Waals surface area contributed by atoms with Crippen LogP contribution < -0.4 is 10.5 Å². The predicted molar refractivity (Wildman–Crippen MR) is 97.8 cm³/mol. The van der Waals surface area contributed by atoms with E-state index in [0.29, 0.717) is 0 Å².